The molecular weight excluding hydrogens is 326 g/mol. The predicted octanol–water partition coefficient (Wildman–Crippen LogP) is 3.10. The molecule has 26 heavy (non-hydrogen) atoms. The second-order valence-electron chi connectivity index (χ2n) is 6.23. The summed E-state index contributed by atoms with van der Waals surface area (Å²) in [6.45, 7) is 3.94. The predicted molar refractivity (Wildman–Crippen MR) is 96.6 cm³/mol. The molecule has 0 radical (unpaired) electrons. The normalized spacial score (nSPS) is 16.0. The van der Waals surface area contributed by atoms with E-state index in [0.29, 0.717) is 17.1 Å². The zero-order valence-electron chi connectivity index (χ0n) is 14.5. The molecule has 6 heteroatoms. The van der Waals surface area contributed by atoms with Gasteiger partial charge >= 0.3 is 0 Å². The van der Waals surface area contributed by atoms with Crippen LogP contribution in [0.1, 0.15) is 28.6 Å². The van der Waals surface area contributed by atoms with Gasteiger partial charge in [0.15, 0.2) is 0 Å². The highest BCUT2D eigenvalue weighted by molar-refractivity contribution is 5.54. The van der Waals surface area contributed by atoms with Crippen molar-refractivity contribution in [2.24, 2.45) is 5.73 Å². The molecule has 0 saturated heterocycles. The summed E-state index contributed by atoms with van der Waals surface area (Å²) in [5.41, 5.74) is 10.1. The van der Waals surface area contributed by atoms with Crippen LogP contribution in [0.3, 0.4) is 0 Å². The van der Waals surface area contributed by atoms with Crippen molar-refractivity contribution in [1.29, 1.82) is 5.26 Å². The molecular formula is C20H17N5O. The fourth-order valence-corrected chi connectivity index (χ4v) is 3.25. The number of nitrogens with two attached hydrogens (primary N) is 1. The summed E-state index contributed by atoms with van der Waals surface area (Å²) in [6.07, 6.45) is 3.42. The summed E-state index contributed by atoms with van der Waals surface area (Å²) in [7, 11) is 0. The molecule has 6 nitrogen and oxygen atoms in total. The quantitative estimate of drug-likeness (QED) is 0.772. The third-order valence-electron chi connectivity index (χ3n) is 4.49. The Morgan fingerprint density at radius 2 is 1.96 bits per heavy atom. The van der Waals surface area contributed by atoms with Gasteiger partial charge in [-0.15, -0.1) is 0 Å². The Morgan fingerprint density at radius 3 is 2.62 bits per heavy atom. The van der Waals surface area contributed by atoms with Crippen LogP contribution in [0.5, 0.6) is 5.88 Å². The van der Waals surface area contributed by atoms with Crippen LogP contribution in [0.15, 0.2) is 60.2 Å². The van der Waals surface area contributed by atoms with Crippen LogP contribution < -0.4 is 10.5 Å². The Morgan fingerprint density at radius 1 is 1.19 bits per heavy atom. The number of nitriles is 1. The van der Waals surface area contributed by atoms with Gasteiger partial charge in [0.05, 0.1) is 11.6 Å². The van der Waals surface area contributed by atoms with Gasteiger partial charge in [0.2, 0.25) is 11.8 Å². The van der Waals surface area contributed by atoms with Gasteiger partial charge in [-0.25, -0.2) is 4.98 Å². The van der Waals surface area contributed by atoms with Crippen molar-refractivity contribution < 1.29 is 4.74 Å². The lowest BCUT2D eigenvalue weighted by molar-refractivity contribution is 0.370. The van der Waals surface area contributed by atoms with Crippen molar-refractivity contribution in [3.8, 4) is 17.6 Å². The first-order chi connectivity index (χ1) is 12.6. The molecule has 0 amide bonds. The number of aryl methyl sites for hydroxylation is 2. The lowest BCUT2D eigenvalue weighted by Crippen LogP contribution is -2.22. The summed E-state index contributed by atoms with van der Waals surface area (Å²) < 4.78 is 7.75. The van der Waals surface area contributed by atoms with Gasteiger partial charge in [-0.2, -0.15) is 5.26 Å². The highest BCUT2D eigenvalue weighted by Crippen LogP contribution is 2.42. The molecule has 2 N–H and O–H groups in total. The lowest BCUT2D eigenvalue weighted by atomic mass is 9.89. The number of fused-ring (bicyclic) bond motifs is 1. The maximum atomic E-state index is 9.62. The first-order valence-electron chi connectivity index (χ1n) is 8.24. The molecule has 1 aliphatic heterocycles. The molecule has 128 valence electrons. The number of allylic oxidation sites excluding steroid dienone is 1. The van der Waals surface area contributed by atoms with E-state index >= 15 is 0 Å². The number of rotatable bonds is 2. The Labute approximate surface area is 151 Å². The van der Waals surface area contributed by atoms with E-state index in [1.807, 2.05) is 54.8 Å². The van der Waals surface area contributed by atoms with Crippen LogP contribution in [-0.4, -0.2) is 14.5 Å². The molecule has 1 aromatic carbocycles. The van der Waals surface area contributed by atoms with Crippen molar-refractivity contribution in [3.63, 3.8) is 0 Å². The minimum absolute atomic E-state index is 0.0992. The van der Waals surface area contributed by atoms with Crippen molar-refractivity contribution in [3.05, 3.63) is 82.9 Å². The van der Waals surface area contributed by atoms with Crippen molar-refractivity contribution >= 4 is 0 Å². The molecule has 1 aliphatic rings. The number of imidazole rings is 1. The summed E-state index contributed by atoms with van der Waals surface area (Å²) >= 11 is 0. The maximum absolute atomic E-state index is 9.62. The summed E-state index contributed by atoms with van der Waals surface area (Å²) in [4.78, 5) is 8.89. The fraction of sp³-hybridized carbons (Fsp3) is 0.150. The minimum Gasteiger partial charge on any atom is -0.422 e. The molecule has 0 bridgehead atoms. The lowest BCUT2D eigenvalue weighted by Gasteiger charge is -2.23. The van der Waals surface area contributed by atoms with Crippen LogP contribution in [0.2, 0.25) is 0 Å². The number of aromatic nitrogens is 3. The fourth-order valence-electron chi connectivity index (χ4n) is 3.25. The second kappa shape index (κ2) is 6.05. The Bertz CT molecular complexity index is 1040. The van der Waals surface area contributed by atoms with Gasteiger partial charge in [0, 0.05) is 12.4 Å². The first kappa shape index (κ1) is 15.9. The van der Waals surface area contributed by atoms with Crippen molar-refractivity contribution in [2.75, 3.05) is 0 Å². The Kier molecular flexibility index (Phi) is 3.70. The molecule has 4 rings (SSSR count). The topological polar surface area (TPSA) is 89.8 Å². The van der Waals surface area contributed by atoms with E-state index in [2.05, 4.69) is 11.1 Å². The first-order valence-corrected chi connectivity index (χ1v) is 8.24. The highest BCUT2D eigenvalue weighted by Gasteiger charge is 2.35. The van der Waals surface area contributed by atoms with Crippen LogP contribution >= 0.6 is 0 Å². The average Bonchev–Trinajstić information content (AvgIpc) is 2.97. The van der Waals surface area contributed by atoms with Crippen molar-refractivity contribution in [2.45, 2.75) is 19.8 Å². The molecule has 2 aromatic heterocycles. The van der Waals surface area contributed by atoms with Crippen LogP contribution in [0, 0.1) is 25.2 Å². The Hall–Kier alpha value is -3.59. The van der Waals surface area contributed by atoms with E-state index in [1.54, 1.807) is 12.4 Å². The average molecular weight is 343 g/mol. The van der Waals surface area contributed by atoms with Crippen LogP contribution in [-0.2, 0) is 0 Å². The van der Waals surface area contributed by atoms with Crippen LogP contribution in [0.4, 0.5) is 0 Å². The number of hydrogen-bond acceptors (Lipinski definition) is 5. The number of benzene rings is 1. The summed E-state index contributed by atoms with van der Waals surface area (Å²) in [5, 5.41) is 9.62. The zero-order valence-corrected chi connectivity index (χ0v) is 14.5. The van der Waals surface area contributed by atoms with Crippen molar-refractivity contribution in [1.82, 2.24) is 14.5 Å². The number of hydrogen-bond donors (Lipinski definition) is 1. The number of pyridine rings is 1. The van der Waals surface area contributed by atoms with Gasteiger partial charge < -0.3 is 10.5 Å². The highest BCUT2D eigenvalue weighted by atomic mass is 16.5. The molecule has 0 saturated carbocycles. The van der Waals surface area contributed by atoms with Gasteiger partial charge in [-0.3, -0.25) is 9.55 Å². The molecule has 0 spiro atoms. The van der Waals surface area contributed by atoms with Gasteiger partial charge in [0.1, 0.15) is 23.2 Å². The summed E-state index contributed by atoms with van der Waals surface area (Å²) in [5.74, 6) is 1.00. The van der Waals surface area contributed by atoms with E-state index in [9.17, 15) is 5.26 Å². The standard InChI is InChI=1S/C20H17N5O/c1-12-5-7-15(8-6-12)25-13(2)24-18-17(14-4-3-9-23-11-14)16(10-21)19(22)26-20(18)25/h3-9,11,17H,22H2,1-2H3. The van der Waals surface area contributed by atoms with E-state index in [0.717, 1.165) is 17.1 Å². The molecule has 3 heterocycles. The van der Waals surface area contributed by atoms with E-state index in [-0.39, 0.29) is 5.88 Å². The van der Waals surface area contributed by atoms with E-state index < -0.39 is 5.92 Å². The molecule has 0 fully saturated rings. The number of ether oxygens (including phenoxy) is 1. The number of nitrogens with zero attached hydrogens (tertiary/aromatic N) is 4. The van der Waals surface area contributed by atoms with Gasteiger partial charge in [-0.1, -0.05) is 23.8 Å². The molecule has 1 unspecified atom stereocenters. The largest absolute Gasteiger partial charge is 0.422 e. The molecule has 3 aromatic rings. The van der Waals surface area contributed by atoms with Gasteiger partial charge in [0.25, 0.3) is 0 Å². The maximum Gasteiger partial charge on any atom is 0.230 e. The minimum atomic E-state index is -0.400. The summed E-state index contributed by atoms with van der Waals surface area (Å²) in [6, 6.07) is 14.0. The van der Waals surface area contributed by atoms with E-state index in [1.165, 1.54) is 5.56 Å². The molecule has 1 atom stereocenters. The Balaban J connectivity index is 1.94. The monoisotopic (exact) mass is 343 g/mol. The van der Waals surface area contributed by atoms with E-state index in [4.69, 9.17) is 15.5 Å². The van der Waals surface area contributed by atoms with Crippen LogP contribution in [0.25, 0.3) is 5.69 Å². The third-order valence-corrected chi connectivity index (χ3v) is 4.49. The zero-order chi connectivity index (χ0) is 18.3. The third kappa shape index (κ3) is 2.42. The van der Waals surface area contributed by atoms with Gasteiger partial charge in [-0.05, 0) is 37.6 Å². The smallest absolute Gasteiger partial charge is 0.230 e. The molecule has 0 aliphatic carbocycles. The second-order valence-corrected chi connectivity index (χ2v) is 6.23. The SMILES string of the molecule is Cc1ccc(-n2c(C)nc3c2OC(N)=C(C#N)C3c2cccnc2)cc1.